The van der Waals surface area contributed by atoms with Crippen LogP contribution in [0.3, 0.4) is 0 Å². The molecule has 0 radical (unpaired) electrons. The van der Waals surface area contributed by atoms with Gasteiger partial charge in [0.15, 0.2) is 0 Å². The van der Waals surface area contributed by atoms with Gasteiger partial charge in [0.2, 0.25) is 17.7 Å². The molecule has 0 saturated carbocycles. The number of hydrogen-bond acceptors (Lipinski definition) is 5. The molecule has 0 aliphatic rings. The number of nitrogens with zero attached hydrogens (tertiary/aromatic N) is 2. The van der Waals surface area contributed by atoms with Crippen LogP contribution in [0.4, 0.5) is 0 Å². The molecule has 1 unspecified atom stereocenters. The fourth-order valence-electron chi connectivity index (χ4n) is 1.72. The van der Waals surface area contributed by atoms with Crippen molar-refractivity contribution >= 4 is 17.2 Å². The highest BCUT2D eigenvalue weighted by Crippen LogP contribution is 2.17. The Labute approximate surface area is 122 Å². The van der Waals surface area contributed by atoms with E-state index in [2.05, 4.69) is 20.9 Å². The van der Waals surface area contributed by atoms with E-state index in [-0.39, 0.29) is 17.9 Å². The number of carbonyl (C=O) groups is 1. The van der Waals surface area contributed by atoms with E-state index in [0.717, 1.165) is 6.42 Å². The summed E-state index contributed by atoms with van der Waals surface area (Å²) in [4.78, 5) is 11.9. The lowest BCUT2D eigenvalue weighted by Gasteiger charge is -2.09. The van der Waals surface area contributed by atoms with E-state index < -0.39 is 0 Å². The Morgan fingerprint density at radius 1 is 1.35 bits per heavy atom. The van der Waals surface area contributed by atoms with Gasteiger partial charge in [-0.15, -0.1) is 10.2 Å². The molecule has 1 N–H and O–H groups in total. The molecule has 2 aromatic rings. The number of amides is 1. The molecule has 5 nitrogen and oxygen atoms in total. The van der Waals surface area contributed by atoms with Gasteiger partial charge < -0.3 is 9.73 Å². The van der Waals surface area contributed by atoms with Crippen LogP contribution < -0.4 is 5.32 Å². The summed E-state index contributed by atoms with van der Waals surface area (Å²) in [7, 11) is 0. The number of aromatic nitrogens is 2. The molecular weight excluding hydrogens is 274 g/mol. The first kappa shape index (κ1) is 14.7. The smallest absolute Gasteiger partial charge is 0.238 e. The third-order valence-corrected chi connectivity index (χ3v) is 3.65. The van der Waals surface area contributed by atoms with Gasteiger partial charge in [0.25, 0.3) is 0 Å². The molecule has 0 spiro atoms. The van der Waals surface area contributed by atoms with Crippen LogP contribution in [-0.2, 0) is 11.2 Å². The quantitative estimate of drug-likeness (QED) is 0.888. The number of hydrogen-bond donors (Lipinski definition) is 1. The van der Waals surface area contributed by atoms with E-state index in [1.807, 2.05) is 32.2 Å². The van der Waals surface area contributed by atoms with Gasteiger partial charge in [-0.1, -0.05) is 13.8 Å². The van der Waals surface area contributed by atoms with Crippen molar-refractivity contribution in [2.24, 2.45) is 0 Å². The molecule has 1 amide bonds. The first-order valence-electron chi connectivity index (χ1n) is 6.70. The van der Waals surface area contributed by atoms with Crippen molar-refractivity contribution in [3.05, 3.63) is 34.2 Å². The highest BCUT2D eigenvalue weighted by Gasteiger charge is 2.17. The Morgan fingerprint density at radius 2 is 2.10 bits per heavy atom. The van der Waals surface area contributed by atoms with Crippen LogP contribution in [-0.4, -0.2) is 16.1 Å². The summed E-state index contributed by atoms with van der Waals surface area (Å²) in [5, 5.41) is 14.9. The third-order valence-electron chi connectivity index (χ3n) is 2.92. The third kappa shape index (κ3) is 3.90. The summed E-state index contributed by atoms with van der Waals surface area (Å²) < 4.78 is 5.52. The van der Waals surface area contributed by atoms with E-state index in [4.69, 9.17) is 4.42 Å². The summed E-state index contributed by atoms with van der Waals surface area (Å²) in [5.41, 5.74) is 1.19. The number of rotatable bonds is 6. The molecule has 2 aromatic heterocycles. The molecule has 0 aliphatic carbocycles. The summed E-state index contributed by atoms with van der Waals surface area (Å²) in [5.74, 6) is 1.24. The van der Waals surface area contributed by atoms with Crippen molar-refractivity contribution in [1.82, 2.24) is 15.5 Å². The summed E-state index contributed by atoms with van der Waals surface area (Å²) in [6.07, 6.45) is 1.22. The fourth-order valence-corrected chi connectivity index (χ4v) is 2.43. The van der Waals surface area contributed by atoms with Crippen molar-refractivity contribution in [1.29, 1.82) is 0 Å². The van der Waals surface area contributed by atoms with Crippen molar-refractivity contribution in [3.8, 4) is 0 Å². The zero-order valence-electron chi connectivity index (χ0n) is 11.9. The number of aryl methyl sites for hydroxylation is 1. The maximum atomic E-state index is 11.9. The lowest BCUT2D eigenvalue weighted by atomic mass is 10.2. The largest absolute Gasteiger partial charge is 0.423 e. The first-order chi connectivity index (χ1) is 9.56. The normalized spacial score (nSPS) is 12.6. The second-order valence-corrected chi connectivity index (χ2v) is 5.83. The summed E-state index contributed by atoms with van der Waals surface area (Å²) in [6, 6.07) is 1.78. The van der Waals surface area contributed by atoms with Crippen molar-refractivity contribution < 1.29 is 9.21 Å². The maximum Gasteiger partial charge on any atom is 0.238 e. The second-order valence-electron chi connectivity index (χ2n) is 5.05. The molecular formula is C14H19N3O2S. The Balaban J connectivity index is 1.83. The van der Waals surface area contributed by atoms with Gasteiger partial charge in [-0.05, 0) is 35.7 Å². The Morgan fingerprint density at radius 3 is 2.70 bits per heavy atom. The molecule has 20 heavy (non-hydrogen) atoms. The lowest BCUT2D eigenvalue weighted by molar-refractivity contribution is -0.121. The molecule has 1 atom stereocenters. The minimum absolute atomic E-state index is 0.00648. The lowest BCUT2D eigenvalue weighted by Crippen LogP contribution is -2.27. The highest BCUT2D eigenvalue weighted by molar-refractivity contribution is 7.07. The van der Waals surface area contributed by atoms with Crippen molar-refractivity contribution in [3.63, 3.8) is 0 Å². The molecule has 0 bridgehead atoms. The monoisotopic (exact) mass is 293 g/mol. The molecule has 2 heterocycles. The molecule has 0 aromatic carbocycles. The molecule has 0 saturated heterocycles. The summed E-state index contributed by atoms with van der Waals surface area (Å²) >= 11 is 1.64. The average Bonchev–Trinajstić information content (AvgIpc) is 3.07. The van der Waals surface area contributed by atoms with Crippen LogP contribution in [0.5, 0.6) is 0 Å². The fraction of sp³-hybridized carbons (Fsp3) is 0.500. The summed E-state index contributed by atoms with van der Waals surface area (Å²) in [6.45, 7) is 5.82. The van der Waals surface area contributed by atoms with Gasteiger partial charge in [0.1, 0.15) is 6.04 Å². The molecule has 0 aliphatic heterocycles. The molecule has 0 fully saturated rings. The van der Waals surface area contributed by atoms with Crippen LogP contribution in [0.2, 0.25) is 0 Å². The maximum absolute atomic E-state index is 11.9. The van der Waals surface area contributed by atoms with E-state index in [0.29, 0.717) is 18.2 Å². The Bertz CT molecular complexity index is 549. The minimum Gasteiger partial charge on any atom is -0.423 e. The molecule has 6 heteroatoms. The van der Waals surface area contributed by atoms with Crippen LogP contribution in [0.15, 0.2) is 21.2 Å². The molecule has 2 rings (SSSR count). The van der Waals surface area contributed by atoms with Gasteiger partial charge in [-0.3, -0.25) is 4.79 Å². The predicted octanol–water partition coefficient (Wildman–Crippen LogP) is 3.06. The van der Waals surface area contributed by atoms with Gasteiger partial charge in [-0.2, -0.15) is 11.3 Å². The van der Waals surface area contributed by atoms with E-state index in [1.54, 1.807) is 11.3 Å². The number of thiophene rings is 1. The van der Waals surface area contributed by atoms with Crippen LogP contribution in [0, 0.1) is 0 Å². The Hall–Kier alpha value is -1.69. The number of nitrogens with one attached hydrogen (secondary N) is 1. The van der Waals surface area contributed by atoms with Crippen LogP contribution in [0.1, 0.15) is 56.5 Å². The van der Waals surface area contributed by atoms with Gasteiger partial charge >= 0.3 is 0 Å². The van der Waals surface area contributed by atoms with Crippen molar-refractivity contribution in [2.45, 2.75) is 45.6 Å². The SMILES string of the molecule is CC(C)c1nnc(C(C)NC(=O)CCc2ccsc2)o1. The Kier molecular flexibility index (Phi) is 4.89. The van der Waals surface area contributed by atoms with E-state index in [9.17, 15) is 4.79 Å². The van der Waals surface area contributed by atoms with Gasteiger partial charge in [0.05, 0.1) is 0 Å². The van der Waals surface area contributed by atoms with Gasteiger partial charge in [0, 0.05) is 12.3 Å². The van der Waals surface area contributed by atoms with E-state index in [1.165, 1.54) is 5.56 Å². The predicted molar refractivity (Wildman–Crippen MR) is 77.6 cm³/mol. The minimum atomic E-state index is -0.259. The standard InChI is InChI=1S/C14H19N3O2S/c1-9(2)13-16-17-14(19-13)10(3)15-12(18)5-4-11-6-7-20-8-11/h6-10H,4-5H2,1-3H3,(H,15,18). The average molecular weight is 293 g/mol. The zero-order chi connectivity index (χ0) is 14.5. The van der Waals surface area contributed by atoms with E-state index >= 15 is 0 Å². The topological polar surface area (TPSA) is 68.0 Å². The highest BCUT2D eigenvalue weighted by atomic mass is 32.1. The van der Waals surface area contributed by atoms with Crippen LogP contribution >= 0.6 is 11.3 Å². The van der Waals surface area contributed by atoms with Crippen molar-refractivity contribution in [2.75, 3.05) is 0 Å². The van der Waals surface area contributed by atoms with Gasteiger partial charge in [-0.25, -0.2) is 0 Å². The number of carbonyl (C=O) groups excluding carboxylic acids is 1. The zero-order valence-corrected chi connectivity index (χ0v) is 12.7. The molecule has 108 valence electrons. The first-order valence-corrected chi connectivity index (χ1v) is 7.64. The second kappa shape index (κ2) is 6.65. The van der Waals surface area contributed by atoms with Crippen LogP contribution in [0.25, 0.3) is 0 Å².